The van der Waals surface area contributed by atoms with E-state index < -0.39 is 17.4 Å². The molecule has 1 aromatic heterocycles. The van der Waals surface area contributed by atoms with Crippen molar-refractivity contribution in [3.05, 3.63) is 21.9 Å². The van der Waals surface area contributed by atoms with Crippen LogP contribution in [-0.2, 0) is 9.59 Å². The number of amides is 2. The van der Waals surface area contributed by atoms with Gasteiger partial charge in [0.05, 0.1) is 17.8 Å². The van der Waals surface area contributed by atoms with Gasteiger partial charge in [-0.2, -0.15) is 0 Å². The van der Waals surface area contributed by atoms with Crippen LogP contribution < -0.4 is 10.6 Å². The zero-order valence-corrected chi connectivity index (χ0v) is 12.5. The summed E-state index contributed by atoms with van der Waals surface area (Å²) in [5.74, 6) is -1.72. The molecule has 0 aromatic carbocycles. The monoisotopic (exact) mass is 298 g/mol. The summed E-state index contributed by atoms with van der Waals surface area (Å²) in [4.78, 5) is 35.6. The number of carboxylic acids is 1. The molecule has 1 aromatic rings. The number of hydrogen-bond donors (Lipinski definition) is 3. The molecule has 0 saturated carbocycles. The Labute approximate surface area is 121 Å². The largest absolute Gasteiger partial charge is 0.481 e. The fourth-order valence-electron chi connectivity index (χ4n) is 1.65. The highest BCUT2D eigenvalue weighted by atomic mass is 32.1. The van der Waals surface area contributed by atoms with Crippen molar-refractivity contribution in [1.29, 1.82) is 0 Å². The van der Waals surface area contributed by atoms with Gasteiger partial charge in [-0.3, -0.25) is 14.4 Å². The van der Waals surface area contributed by atoms with Crippen LogP contribution >= 0.6 is 11.3 Å². The molecule has 1 heterocycles. The van der Waals surface area contributed by atoms with E-state index in [1.807, 2.05) is 13.0 Å². The SMILES string of the molecule is Cc1ccc(C(=O)NCC(=O)NC(C)(C)CC(=O)O)s1. The van der Waals surface area contributed by atoms with Gasteiger partial charge in [0.25, 0.3) is 5.91 Å². The van der Waals surface area contributed by atoms with E-state index in [9.17, 15) is 14.4 Å². The molecule has 0 atom stereocenters. The summed E-state index contributed by atoms with van der Waals surface area (Å²) < 4.78 is 0. The minimum absolute atomic E-state index is 0.182. The first kappa shape index (κ1) is 16.2. The lowest BCUT2D eigenvalue weighted by Crippen LogP contribution is -2.48. The van der Waals surface area contributed by atoms with Crippen LogP contribution in [0.3, 0.4) is 0 Å². The van der Waals surface area contributed by atoms with Crippen molar-refractivity contribution in [1.82, 2.24) is 10.6 Å². The van der Waals surface area contributed by atoms with Gasteiger partial charge in [0, 0.05) is 10.4 Å². The second kappa shape index (κ2) is 6.51. The minimum Gasteiger partial charge on any atom is -0.481 e. The molecule has 110 valence electrons. The molecule has 1 rings (SSSR count). The number of rotatable bonds is 6. The molecule has 0 fully saturated rings. The highest BCUT2D eigenvalue weighted by Crippen LogP contribution is 2.14. The van der Waals surface area contributed by atoms with E-state index in [2.05, 4.69) is 10.6 Å². The molecule has 0 spiro atoms. The fourth-order valence-corrected chi connectivity index (χ4v) is 2.43. The standard InChI is InChI=1S/C13H18N2O4S/c1-8-4-5-9(20-8)12(19)14-7-10(16)15-13(2,3)6-11(17)18/h4-5H,6-7H2,1-3H3,(H,14,19)(H,15,16)(H,17,18). The quantitative estimate of drug-likeness (QED) is 0.734. The van der Waals surface area contributed by atoms with Crippen LogP contribution in [0.2, 0.25) is 0 Å². The van der Waals surface area contributed by atoms with Crippen molar-refractivity contribution in [2.45, 2.75) is 32.7 Å². The number of carbonyl (C=O) groups is 3. The molecule has 0 bridgehead atoms. The van der Waals surface area contributed by atoms with Crippen molar-refractivity contribution < 1.29 is 19.5 Å². The van der Waals surface area contributed by atoms with E-state index in [-0.39, 0.29) is 18.9 Å². The first-order valence-corrected chi connectivity index (χ1v) is 6.89. The molecule has 0 aliphatic rings. The zero-order valence-electron chi connectivity index (χ0n) is 11.6. The molecule has 0 radical (unpaired) electrons. The number of carbonyl (C=O) groups excluding carboxylic acids is 2. The van der Waals surface area contributed by atoms with Gasteiger partial charge >= 0.3 is 5.97 Å². The minimum atomic E-state index is -0.992. The highest BCUT2D eigenvalue weighted by molar-refractivity contribution is 7.13. The van der Waals surface area contributed by atoms with Crippen LogP contribution in [0, 0.1) is 6.92 Å². The maximum absolute atomic E-state index is 11.7. The van der Waals surface area contributed by atoms with Gasteiger partial charge in [-0.05, 0) is 32.9 Å². The van der Waals surface area contributed by atoms with E-state index in [1.54, 1.807) is 19.9 Å². The van der Waals surface area contributed by atoms with Gasteiger partial charge < -0.3 is 15.7 Å². The Morgan fingerprint density at radius 3 is 2.45 bits per heavy atom. The number of aryl methyl sites for hydroxylation is 1. The summed E-state index contributed by atoms with van der Waals surface area (Å²) in [6, 6.07) is 3.53. The van der Waals surface area contributed by atoms with Crippen molar-refractivity contribution >= 4 is 29.1 Å². The summed E-state index contributed by atoms with van der Waals surface area (Å²) in [6.45, 7) is 4.94. The van der Waals surface area contributed by atoms with Crippen molar-refractivity contribution in [3.63, 3.8) is 0 Å². The molecule has 2 amide bonds. The van der Waals surface area contributed by atoms with Gasteiger partial charge in [-0.1, -0.05) is 0 Å². The van der Waals surface area contributed by atoms with E-state index in [0.717, 1.165) is 4.88 Å². The molecular weight excluding hydrogens is 280 g/mol. The number of thiophene rings is 1. The van der Waals surface area contributed by atoms with Crippen LogP contribution in [-0.4, -0.2) is 35.0 Å². The first-order chi connectivity index (χ1) is 9.19. The Hall–Kier alpha value is -1.89. The van der Waals surface area contributed by atoms with Crippen molar-refractivity contribution in [3.8, 4) is 0 Å². The Bertz CT molecular complexity index is 522. The van der Waals surface area contributed by atoms with Gasteiger partial charge in [0.2, 0.25) is 5.91 Å². The Morgan fingerprint density at radius 2 is 1.95 bits per heavy atom. The number of carboxylic acid groups (broad SMARTS) is 1. The van der Waals surface area contributed by atoms with Crippen LogP contribution in [0.25, 0.3) is 0 Å². The third kappa shape index (κ3) is 5.40. The summed E-state index contributed by atoms with van der Waals surface area (Å²) in [5, 5.41) is 13.8. The first-order valence-electron chi connectivity index (χ1n) is 6.07. The summed E-state index contributed by atoms with van der Waals surface area (Å²) >= 11 is 1.35. The molecule has 0 unspecified atom stereocenters. The zero-order chi connectivity index (χ0) is 15.3. The predicted molar refractivity (Wildman–Crippen MR) is 75.9 cm³/mol. The van der Waals surface area contributed by atoms with Gasteiger partial charge in [-0.25, -0.2) is 0 Å². The second-order valence-corrected chi connectivity index (χ2v) is 6.38. The van der Waals surface area contributed by atoms with E-state index in [1.165, 1.54) is 11.3 Å². The second-order valence-electron chi connectivity index (χ2n) is 5.10. The molecule has 0 aliphatic heterocycles. The summed E-state index contributed by atoms with van der Waals surface area (Å²) in [7, 11) is 0. The maximum atomic E-state index is 11.7. The lowest BCUT2D eigenvalue weighted by Gasteiger charge is -2.24. The molecule has 0 saturated heterocycles. The molecular formula is C13H18N2O4S. The Kier molecular flexibility index (Phi) is 5.26. The smallest absolute Gasteiger partial charge is 0.305 e. The molecule has 0 aliphatic carbocycles. The third-order valence-corrected chi connectivity index (χ3v) is 3.44. The van der Waals surface area contributed by atoms with Crippen LogP contribution in [0.4, 0.5) is 0 Å². The fraction of sp³-hybridized carbons (Fsp3) is 0.462. The predicted octanol–water partition coefficient (Wildman–Crippen LogP) is 1.16. The highest BCUT2D eigenvalue weighted by Gasteiger charge is 2.23. The van der Waals surface area contributed by atoms with Crippen LogP contribution in [0.15, 0.2) is 12.1 Å². The molecule has 20 heavy (non-hydrogen) atoms. The summed E-state index contributed by atoms with van der Waals surface area (Å²) in [6.07, 6.45) is -0.184. The van der Waals surface area contributed by atoms with Gasteiger partial charge in [0.1, 0.15) is 0 Å². The van der Waals surface area contributed by atoms with Crippen molar-refractivity contribution in [2.24, 2.45) is 0 Å². The number of nitrogens with one attached hydrogen (secondary N) is 2. The average molecular weight is 298 g/mol. The summed E-state index contributed by atoms with van der Waals surface area (Å²) in [5.41, 5.74) is -0.854. The van der Waals surface area contributed by atoms with Crippen molar-refractivity contribution in [2.75, 3.05) is 6.54 Å². The maximum Gasteiger partial charge on any atom is 0.305 e. The molecule has 7 heteroatoms. The number of hydrogen-bond acceptors (Lipinski definition) is 4. The lowest BCUT2D eigenvalue weighted by molar-refractivity contribution is -0.138. The topological polar surface area (TPSA) is 95.5 Å². The molecule has 3 N–H and O–H groups in total. The Balaban J connectivity index is 2.43. The van der Waals surface area contributed by atoms with Gasteiger partial charge in [-0.15, -0.1) is 11.3 Å². The Morgan fingerprint density at radius 1 is 1.30 bits per heavy atom. The van der Waals surface area contributed by atoms with E-state index in [4.69, 9.17) is 5.11 Å². The van der Waals surface area contributed by atoms with Gasteiger partial charge in [0.15, 0.2) is 0 Å². The van der Waals surface area contributed by atoms with Crippen LogP contribution in [0.1, 0.15) is 34.8 Å². The average Bonchev–Trinajstić information content (AvgIpc) is 2.70. The molecule has 6 nitrogen and oxygen atoms in total. The van der Waals surface area contributed by atoms with E-state index >= 15 is 0 Å². The normalized spacial score (nSPS) is 10.9. The lowest BCUT2D eigenvalue weighted by atomic mass is 10.0. The van der Waals surface area contributed by atoms with E-state index in [0.29, 0.717) is 4.88 Å². The third-order valence-electron chi connectivity index (χ3n) is 2.44. The van der Waals surface area contributed by atoms with Crippen LogP contribution in [0.5, 0.6) is 0 Å². The number of aliphatic carboxylic acids is 1.